The molecule has 0 spiro atoms. The molecule has 0 saturated carbocycles. The molecule has 1 aromatic rings. The third kappa shape index (κ3) is 1.09. The number of imide groups is 1. The van der Waals surface area contributed by atoms with Crippen LogP contribution in [-0.2, 0) is 6.42 Å². The molecule has 14 heavy (non-hydrogen) atoms. The predicted octanol–water partition coefficient (Wildman–Crippen LogP) is 0.746. The van der Waals surface area contributed by atoms with Crippen LogP contribution in [0.1, 0.15) is 26.3 Å². The number of hydrogen-bond donors (Lipinski definition) is 1. The van der Waals surface area contributed by atoms with Crippen molar-refractivity contribution in [3.63, 3.8) is 0 Å². The molecule has 0 fully saturated rings. The number of benzene rings is 1. The van der Waals surface area contributed by atoms with E-state index in [1.54, 1.807) is 18.2 Å². The lowest BCUT2D eigenvalue weighted by Gasteiger charge is -2.00. The Morgan fingerprint density at radius 2 is 2.07 bits per heavy atom. The number of amides is 2. The molecule has 3 nitrogen and oxygen atoms in total. The van der Waals surface area contributed by atoms with Crippen LogP contribution in [0.25, 0.3) is 0 Å². The number of terminal acetylenes is 1. The quantitative estimate of drug-likeness (QED) is 0.518. The van der Waals surface area contributed by atoms with Gasteiger partial charge >= 0.3 is 0 Å². The Balaban J connectivity index is 2.63. The van der Waals surface area contributed by atoms with Crippen molar-refractivity contribution >= 4 is 11.8 Å². The molecule has 0 bridgehead atoms. The molecule has 1 N–H and O–H groups in total. The first-order valence-electron chi connectivity index (χ1n) is 4.15. The summed E-state index contributed by atoms with van der Waals surface area (Å²) in [5, 5.41) is 2.23. The van der Waals surface area contributed by atoms with E-state index >= 15 is 0 Å². The number of rotatable bonds is 1. The first-order chi connectivity index (χ1) is 6.74. The van der Waals surface area contributed by atoms with E-state index in [-0.39, 0.29) is 11.8 Å². The highest BCUT2D eigenvalue weighted by molar-refractivity contribution is 6.22. The molecular formula is C11H7NO2. The van der Waals surface area contributed by atoms with Crippen LogP contribution in [-0.4, -0.2) is 11.8 Å². The van der Waals surface area contributed by atoms with Crippen LogP contribution in [0.3, 0.4) is 0 Å². The highest BCUT2D eigenvalue weighted by atomic mass is 16.2. The molecule has 0 aliphatic carbocycles. The second kappa shape index (κ2) is 3.00. The van der Waals surface area contributed by atoms with Gasteiger partial charge in [0, 0.05) is 6.42 Å². The van der Waals surface area contributed by atoms with Gasteiger partial charge in [-0.25, -0.2) is 0 Å². The molecular weight excluding hydrogens is 178 g/mol. The molecule has 68 valence electrons. The SMILES string of the molecule is C#CCc1cccc2c1C(=O)NC2=O. The van der Waals surface area contributed by atoms with Gasteiger partial charge in [-0.3, -0.25) is 14.9 Å². The highest BCUT2D eigenvalue weighted by Gasteiger charge is 2.28. The largest absolute Gasteiger partial charge is 0.288 e. The van der Waals surface area contributed by atoms with Crippen LogP contribution in [0.5, 0.6) is 0 Å². The summed E-state index contributed by atoms with van der Waals surface area (Å²) in [7, 11) is 0. The topological polar surface area (TPSA) is 46.2 Å². The lowest BCUT2D eigenvalue weighted by atomic mass is 10.0. The first kappa shape index (κ1) is 8.52. The molecule has 1 heterocycles. The molecule has 2 rings (SSSR count). The van der Waals surface area contributed by atoms with Crippen molar-refractivity contribution in [2.75, 3.05) is 0 Å². The maximum absolute atomic E-state index is 11.4. The Bertz CT molecular complexity index is 469. The fourth-order valence-corrected chi connectivity index (χ4v) is 1.55. The second-order valence-electron chi connectivity index (χ2n) is 3.00. The van der Waals surface area contributed by atoms with Gasteiger partial charge in [0.1, 0.15) is 0 Å². The molecule has 1 aromatic carbocycles. The third-order valence-electron chi connectivity index (χ3n) is 2.14. The average Bonchev–Trinajstić information content (AvgIpc) is 2.44. The van der Waals surface area contributed by atoms with E-state index in [1.165, 1.54) is 0 Å². The average molecular weight is 185 g/mol. The van der Waals surface area contributed by atoms with E-state index in [2.05, 4.69) is 11.2 Å². The first-order valence-corrected chi connectivity index (χ1v) is 4.15. The zero-order valence-corrected chi connectivity index (χ0v) is 7.33. The number of carbonyl (C=O) groups excluding carboxylic acids is 2. The molecule has 0 atom stereocenters. The van der Waals surface area contributed by atoms with Crippen molar-refractivity contribution in [1.82, 2.24) is 5.32 Å². The Hall–Kier alpha value is -2.08. The Morgan fingerprint density at radius 3 is 2.79 bits per heavy atom. The maximum atomic E-state index is 11.4. The van der Waals surface area contributed by atoms with Crippen LogP contribution < -0.4 is 5.32 Å². The molecule has 1 aliphatic rings. The lowest BCUT2D eigenvalue weighted by Crippen LogP contribution is -2.20. The van der Waals surface area contributed by atoms with Gasteiger partial charge in [-0.1, -0.05) is 12.1 Å². The Kier molecular flexibility index (Phi) is 1.83. The van der Waals surface area contributed by atoms with Gasteiger partial charge in [-0.05, 0) is 11.6 Å². The van der Waals surface area contributed by atoms with Gasteiger partial charge in [0.05, 0.1) is 11.1 Å². The minimum atomic E-state index is -0.351. The highest BCUT2D eigenvalue weighted by Crippen LogP contribution is 2.19. The van der Waals surface area contributed by atoms with Gasteiger partial charge in [0.25, 0.3) is 11.8 Å². The molecule has 0 radical (unpaired) electrons. The summed E-state index contributed by atoms with van der Waals surface area (Å²) in [6.45, 7) is 0. The molecule has 1 aliphatic heterocycles. The van der Waals surface area contributed by atoms with Crippen LogP contribution in [0.15, 0.2) is 18.2 Å². The van der Waals surface area contributed by atoms with Gasteiger partial charge < -0.3 is 0 Å². The summed E-state index contributed by atoms with van der Waals surface area (Å²) in [5.41, 5.74) is 1.58. The van der Waals surface area contributed by atoms with Crippen molar-refractivity contribution in [1.29, 1.82) is 0 Å². The van der Waals surface area contributed by atoms with E-state index in [0.717, 1.165) is 5.56 Å². The van der Waals surface area contributed by atoms with E-state index in [0.29, 0.717) is 17.5 Å². The number of nitrogens with one attached hydrogen (secondary N) is 1. The minimum Gasteiger partial charge on any atom is -0.288 e. The molecule has 3 heteroatoms. The van der Waals surface area contributed by atoms with Gasteiger partial charge in [-0.15, -0.1) is 12.3 Å². The van der Waals surface area contributed by atoms with E-state index in [9.17, 15) is 9.59 Å². The smallest absolute Gasteiger partial charge is 0.259 e. The van der Waals surface area contributed by atoms with Crippen molar-refractivity contribution in [2.45, 2.75) is 6.42 Å². The standard InChI is InChI=1S/C11H7NO2/c1-2-4-7-5-3-6-8-9(7)11(14)12-10(8)13/h1,3,5-6H,4H2,(H,12,13,14). The predicted molar refractivity (Wildman–Crippen MR) is 50.8 cm³/mol. The lowest BCUT2D eigenvalue weighted by molar-refractivity contribution is 0.0879. The van der Waals surface area contributed by atoms with Gasteiger partial charge in [-0.2, -0.15) is 0 Å². The molecule has 2 amide bonds. The van der Waals surface area contributed by atoms with Crippen molar-refractivity contribution in [3.8, 4) is 12.3 Å². The fraction of sp³-hybridized carbons (Fsp3) is 0.0909. The van der Waals surface area contributed by atoms with Crippen molar-refractivity contribution in [3.05, 3.63) is 34.9 Å². The monoisotopic (exact) mass is 185 g/mol. The van der Waals surface area contributed by atoms with Crippen molar-refractivity contribution in [2.24, 2.45) is 0 Å². The number of fused-ring (bicyclic) bond motifs is 1. The summed E-state index contributed by atoms with van der Waals surface area (Å²) < 4.78 is 0. The van der Waals surface area contributed by atoms with Crippen LogP contribution >= 0.6 is 0 Å². The third-order valence-corrected chi connectivity index (χ3v) is 2.14. The summed E-state index contributed by atoms with van der Waals surface area (Å²) in [6.07, 6.45) is 5.53. The Labute approximate surface area is 81.1 Å². The van der Waals surface area contributed by atoms with Crippen LogP contribution in [0.4, 0.5) is 0 Å². The summed E-state index contributed by atoms with van der Waals surface area (Å²) in [4.78, 5) is 22.6. The summed E-state index contributed by atoms with van der Waals surface area (Å²) >= 11 is 0. The molecule has 0 saturated heterocycles. The van der Waals surface area contributed by atoms with Crippen LogP contribution in [0.2, 0.25) is 0 Å². The summed E-state index contributed by atoms with van der Waals surface area (Å²) in [5.74, 6) is 1.76. The van der Waals surface area contributed by atoms with E-state index < -0.39 is 0 Å². The van der Waals surface area contributed by atoms with E-state index in [4.69, 9.17) is 6.42 Å². The maximum Gasteiger partial charge on any atom is 0.259 e. The second-order valence-corrected chi connectivity index (χ2v) is 3.00. The normalized spacial score (nSPS) is 13.4. The minimum absolute atomic E-state index is 0.344. The van der Waals surface area contributed by atoms with Gasteiger partial charge in [0.2, 0.25) is 0 Å². The van der Waals surface area contributed by atoms with E-state index in [1.807, 2.05) is 0 Å². The Morgan fingerprint density at radius 1 is 1.29 bits per heavy atom. The fourth-order valence-electron chi connectivity index (χ4n) is 1.55. The molecule has 0 unspecified atom stereocenters. The van der Waals surface area contributed by atoms with Crippen LogP contribution in [0, 0.1) is 12.3 Å². The van der Waals surface area contributed by atoms with Crippen molar-refractivity contribution < 1.29 is 9.59 Å². The summed E-state index contributed by atoms with van der Waals surface area (Å²) in [6, 6.07) is 5.11. The number of hydrogen-bond acceptors (Lipinski definition) is 2. The molecule has 0 aromatic heterocycles. The zero-order chi connectivity index (χ0) is 10.1. The zero-order valence-electron chi connectivity index (χ0n) is 7.33. The number of carbonyl (C=O) groups is 2. The van der Waals surface area contributed by atoms with Gasteiger partial charge in [0.15, 0.2) is 0 Å².